The van der Waals surface area contributed by atoms with Crippen LogP contribution in [0.2, 0.25) is 0 Å². The molecule has 1 amide bonds. The van der Waals surface area contributed by atoms with E-state index in [0.29, 0.717) is 37.2 Å². The molecule has 0 aromatic heterocycles. The Balaban J connectivity index is 1.65. The maximum Gasteiger partial charge on any atom is 0.417 e. The Bertz CT molecular complexity index is 878. The number of hydrogen-bond donors (Lipinski definition) is 4. The number of carbonyl (C=O) groups is 1. The van der Waals surface area contributed by atoms with Crippen molar-refractivity contribution >= 4 is 5.91 Å². The fourth-order valence-corrected chi connectivity index (χ4v) is 6.57. The molecule has 3 aliphatic rings. The molecular formula is C27H40F3NO4. The molecule has 0 aromatic rings. The first-order chi connectivity index (χ1) is 16.2. The molecule has 198 valence electrons. The van der Waals surface area contributed by atoms with Gasteiger partial charge in [0.2, 0.25) is 5.91 Å². The summed E-state index contributed by atoms with van der Waals surface area (Å²) in [7, 11) is 0. The largest absolute Gasteiger partial charge is 0.417 e. The summed E-state index contributed by atoms with van der Waals surface area (Å²) in [6.45, 7) is 9.21. The van der Waals surface area contributed by atoms with Crippen molar-refractivity contribution in [1.82, 2.24) is 5.32 Å². The summed E-state index contributed by atoms with van der Waals surface area (Å²) in [4.78, 5) is 12.1. The minimum atomic E-state index is -4.86. The van der Waals surface area contributed by atoms with E-state index in [9.17, 15) is 33.3 Å². The molecule has 0 saturated heterocycles. The van der Waals surface area contributed by atoms with Crippen LogP contribution in [0.25, 0.3) is 0 Å². The van der Waals surface area contributed by atoms with Crippen LogP contribution in [0, 0.1) is 23.2 Å². The van der Waals surface area contributed by atoms with Crippen molar-refractivity contribution in [3.8, 4) is 0 Å². The molecule has 3 saturated carbocycles. The first kappa shape index (κ1) is 27.9. The first-order valence-corrected chi connectivity index (χ1v) is 12.7. The summed E-state index contributed by atoms with van der Waals surface area (Å²) in [6, 6.07) is 0. The summed E-state index contributed by atoms with van der Waals surface area (Å²) in [6.07, 6.45) is 2.88. The summed E-state index contributed by atoms with van der Waals surface area (Å²) in [5.41, 5.74) is -0.0981. The molecule has 0 heterocycles. The van der Waals surface area contributed by atoms with Gasteiger partial charge in [-0.15, -0.1) is 0 Å². The van der Waals surface area contributed by atoms with Gasteiger partial charge in [0.25, 0.3) is 0 Å². The Kier molecular flexibility index (Phi) is 8.29. The zero-order valence-electron chi connectivity index (χ0n) is 21.0. The van der Waals surface area contributed by atoms with Gasteiger partial charge in [-0.1, -0.05) is 38.2 Å². The lowest BCUT2D eigenvalue weighted by Crippen LogP contribution is -2.47. The highest BCUT2D eigenvalue weighted by Gasteiger charge is 2.52. The van der Waals surface area contributed by atoms with E-state index in [1.165, 1.54) is 5.57 Å². The van der Waals surface area contributed by atoms with Gasteiger partial charge in [0.15, 0.2) is 5.60 Å². The monoisotopic (exact) mass is 499 g/mol. The topological polar surface area (TPSA) is 89.8 Å². The van der Waals surface area contributed by atoms with E-state index in [1.54, 1.807) is 0 Å². The number of hydrogen-bond acceptors (Lipinski definition) is 4. The number of rotatable bonds is 6. The van der Waals surface area contributed by atoms with Gasteiger partial charge in [0.1, 0.15) is 0 Å². The standard InChI is InChI=1S/C27H40F3NO4/c1-16(15-31-24(34)14-26(4,35)27(28,29)30)21-9-10-22-18(6-5-11-25(21,22)3)7-8-19-12-20(32)13-23(33)17(19)2/h7-8,16,20-23,32-33,35H,2,5-6,9-15H2,1,3-4H3,(H,31,34)/t16-,20?,21?,22?,23?,25-,26?/m1/s1. The SMILES string of the molecule is C=C1C(=CC=C2CCC[C@@]3(C)C2CCC3[C@H](C)CNC(=O)CC(C)(O)C(F)(F)F)CC(O)CC1O. The molecule has 3 fully saturated rings. The highest BCUT2D eigenvalue weighted by Crippen LogP contribution is 2.59. The molecule has 8 heteroatoms. The molecular weight excluding hydrogens is 459 g/mol. The second-order valence-electron chi connectivity index (χ2n) is 11.4. The molecule has 0 aliphatic heterocycles. The number of alkyl halides is 3. The van der Waals surface area contributed by atoms with Crippen LogP contribution in [0.1, 0.15) is 72.1 Å². The Hall–Kier alpha value is -1.64. The van der Waals surface area contributed by atoms with Crippen molar-refractivity contribution in [2.24, 2.45) is 23.2 Å². The zero-order valence-corrected chi connectivity index (χ0v) is 21.0. The Morgan fingerprint density at radius 1 is 1.29 bits per heavy atom. The van der Waals surface area contributed by atoms with Crippen molar-refractivity contribution in [3.63, 3.8) is 0 Å². The first-order valence-electron chi connectivity index (χ1n) is 12.7. The summed E-state index contributed by atoms with van der Waals surface area (Å²) in [5, 5.41) is 32.3. The van der Waals surface area contributed by atoms with Gasteiger partial charge in [-0.25, -0.2) is 0 Å². The molecule has 3 rings (SSSR count). The van der Waals surface area contributed by atoms with Gasteiger partial charge < -0.3 is 20.6 Å². The Morgan fingerprint density at radius 2 is 1.97 bits per heavy atom. The van der Waals surface area contributed by atoms with E-state index in [1.807, 2.05) is 13.0 Å². The molecule has 5 unspecified atom stereocenters. The van der Waals surface area contributed by atoms with Gasteiger partial charge in [0, 0.05) is 13.0 Å². The van der Waals surface area contributed by atoms with E-state index in [2.05, 4.69) is 24.9 Å². The number of amides is 1. The molecule has 35 heavy (non-hydrogen) atoms. The Morgan fingerprint density at radius 3 is 2.63 bits per heavy atom. The summed E-state index contributed by atoms with van der Waals surface area (Å²) < 4.78 is 38.6. The van der Waals surface area contributed by atoms with Crippen LogP contribution in [-0.4, -0.2) is 51.8 Å². The number of aliphatic hydroxyl groups excluding tert-OH is 2. The lowest BCUT2D eigenvalue weighted by Gasteiger charge is -2.44. The van der Waals surface area contributed by atoms with Crippen LogP contribution < -0.4 is 5.32 Å². The van der Waals surface area contributed by atoms with E-state index in [-0.39, 0.29) is 17.9 Å². The highest BCUT2D eigenvalue weighted by molar-refractivity contribution is 5.77. The second-order valence-corrected chi connectivity index (χ2v) is 11.4. The number of halogens is 3. The lowest BCUT2D eigenvalue weighted by atomic mass is 9.61. The van der Waals surface area contributed by atoms with Gasteiger partial charge in [0.05, 0.1) is 18.6 Å². The fraction of sp³-hybridized carbons (Fsp3) is 0.741. The molecule has 5 nitrogen and oxygen atoms in total. The number of allylic oxidation sites excluding steroid dienone is 3. The number of fused-ring (bicyclic) bond motifs is 1. The van der Waals surface area contributed by atoms with E-state index in [4.69, 9.17) is 0 Å². The van der Waals surface area contributed by atoms with Crippen LogP contribution in [0.15, 0.2) is 35.5 Å². The predicted octanol–water partition coefficient (Wildman–Crippen LogP) is 4.58. The molecule has 0 radical (unpaired) electrons. The van der Waals surface area contributed by atoms with Crippen LogP contribution in [0.3, 0.4) is 0 Å². The molecule has 0 spiro atoms. The number of nitrogens with one attached hydrogen (secondary N) is 1. The molecule has 0 aromatic carbocycles. The third kappa shape index (κ3) is 6.03. The summed E-state index contributed by atoms with van der Waals surface area (Å²) >= 11 is 0. The normalized spacial score (nSPS) is 36.7. The van der Waals surface area contributed by atoms with Crippen molar-refractivity contribution in [2.45, 2.75) is 96.1 Å². The van der Waals surface area contributed by atoms with Crippen LogP contribution >= 0.6 is 0 Å². The van der Waals surface area contributed by atoms with Crippen molar-refractivity contribution in [1.29, 1.82) is 0 Å². The molecule has 3 aliphatic carbocycles. The van der Waals surface area contributed by atoms with Crippen molar-refractivity contribution in [2.75, 3.05) is 6.54 Å². The minimum Gasteiger partial charge on any atom is -0.393 e. The summed E-state index contributed by atoms with van der Waals surface area (Å²) in [5.74, 6) is -0.00721. The van der Waals surface area contributed by atoms with E-state index < -0.39 is 36.3 Å². The van der Waals surface area contributed by atoms with Gasteiger partial charge in [-0.3, -0.25) is 4.79 Å². The van der Waals surface area contributed by atoms with Crippen LogP contribution in [-0.2, 0) is 4.79 Å². The average molecular weight is 500 g/mol. The highest BCUT2D eigenvalue weighted by atomic mass is 19.4. The maximum absolute atomic E-state index is 12.9. The van der Waals surface area contributed by atoms with Crippen LogP contribution in [0.5, 0.6) is 0 Å². The molecule has 7 atom stereocenters. The average Bonchev–Trinajstić information content (AvgIpc) is 3.10. The molecule has 0 bridgehead atoms. The Labute approximate surface area is 206 Å². The third-order valence-electron chi connectivity index (χ3n) is 8.73. The lowest BCUT2D eigenvalue weighted by molar-refractivity contribution is -0.253. The molecule has 4 N–H and O–H groups in total. The quantitative estimate of drug-likeness (QED) is 0.431. The minimum absolute atomic E-state index is 0.0345. The number of carbonyl (C=O) groups excluding carboxylic acids is 1. The van der Waals surface area contributed by atoms with E-state index >= 15 is 0 Å². The third-order valence-corrected chi connectivity index (χ3v) is 8.73. The zero-order chi connectivity index (χ0) is 26.2. The fourth-order valence-electron chi connectivity index (χ4n) is 6.57. The predicted molar refractivity (Wildman–Crippen MR) is 128 cm³/mol. The van der Waals surface area contributed by atoms with Gasteiger partial charge in [-0.05, 0) is 79.8 Å². The maximum atomic E-state index is 12.9. The van der Waals surface area contributed by atoms with Gasteiger partial charge in [-0.2, -0.15) is 13.2 Å². The number of aliphatic hydroxyl groups is 3. The van der Waals surface area contributed by atoms with E-state index in [0.717, 1.165) is 37.7 Å². The second kappa shape index (κ2) is 10.4. The smallest absolute Gasteiger partial charge is 0.393 e. The van der Waals surface area contributed by atoms with Crippen molar-refractivity contribution in [3.05, 3.63) is 35.5 Å². The van der Waals surface area contributed by atoms with Gasteiger partial charge >= 0.3 is 6.18 Å². The van der Waals surface area contributed by atoms with Crippen LogP contribution in [0.4, 0.5) is 13.2 Å². The van der Waals surface area contributed by atoms with Crippen molar-refractivity contribution < 1.29 is 33.3 Å².